The van der Waals surface area contributed by atoms with Crippen molar-refractivity contribution in [2.24, 2.45) is 5.92 Å². The molecule has 1 atom stereocenters. The number of hydrogen-bond acceptors (Lipinski definition) is 3. The molecule has 0 unspecified atom stereocenters. The Balaban J connectivity index is 1.89. The number of nitrogens with one attached hydrogen (secondary N) is 3. The van der Waals surface area contributed by atoms with E-state index < -0.39 is 6.04 Å². The number of hydrogen-bond donors (Lipinski definition) is 3. The van der Waals surface area contributed by atoms with Gasteiger partial charge < -0.3 is 20.9 Å². The summed E-state index contributed by atoms with van der Waals surface area (Å²) in [5.41, 5.74) is 0.172. The van der Waals surface area contributed by atoms with Crippen LogP contribution in [0.25, 0.3) is 0 Å². The van der Waals surface area contributed by atoms with Gasteiger partial charge >= 0.3 is 6.03 Å². The number of urea groups is 1. The van der Waals surface area contributed by atoms with E-state index in [0.29, 0.717) is 36.5 Å². The van der Waals surface area contributed by atoms with Gasteiger partial charge in [0.15, 0.2) is 0 Å². The summed E-state index contributed by atoms with van der Waals surface area (Å²) in [4.78, 5) is 39.4. The minimum Gasteiger partial charge on any atom is -0.351 e. The molecule has 30 heavy (non-hydrogen) atoms. The third-order valence-electron chi connectivity index (χ3n) is 4.95. The molecule has 1 heterocycles. The monoisotopic (exact) mass is 436 g/mol. The fourth-order valence-corrected chi connectivity index (χ4v) is 3.40. The van der Waals surface area contributed by atoms with Crippen molar-refractivity contribution in [3.05, 3.63) is 34.9 Å². The lowest BCUT2D eigenvalue weighted by atomic mass is 10.00. The molecule has 4 amide bonds. The molecule has 1 aliphatic rings. The number of benzene rings is 1. The van der Waals surface area contributed by atoms with E-state index in [4.69, 9.17) is 11.6 Å². The molecule has 0 bridgehead atoms. The van der Waals surface area contributed by atoms with Gasteiger partial charge in [-0.15, -0.1) is 0 Å². The van der Waals surface area contributed by atoms with Crippen molar-refractivity contribution in [3.63, 3.8) is 0 Å². The molecule has 0 aliphatic carbocycles. The van der Waals surface area contributed by atoms with E-state index in [1.165, 1.54) is 0 Å². The Hall–Kier alpha value is -2.28. The highest BCUT2D eigenvalue weighted by atomic mass is 35.5. The summed E-state index contributed by atoms with van der Waals surface area (Å²) in [5, 5.41) is 9.38. The minimum atomic E-state index is -0.643. The smallest absolute Gasteiger partial charge is 0.317 e. The highest BCUT2D eigenvalue weighted by Crippen LogP contribution is 2.14. The van der Waals surface area contributed by atoms with Crippen molar-refractivity contribution in [1.82, 2.24) is 20.9 Å². The standard InChI is InChI=1S/C22H33ClN4O3/c1-14(2)18(25-19(28)15-6-8-16(23)9-7-15)20(29)24-17-10-12-27(13-11-17)21(30)26-22(3,4)5/h6-9,14,17-18H,10-13H2,1-5H3,(H,24,29)(H,25,28)(H,26,30)/t18-/m0/s1. The van der Waals surface area contributed by atoms with Crippen LogP contribution < -0.4 is 16.0 Å². The Morgan fingerprint density at radius 1 is 1.07 bits per heavy atom. The van der Waals surface area contributed by atoms with Crippen LogP contribution in [-0.4, -0.2) is 53.5 Å². The molecular weight excluding hydrogens is 404 g/mol. The summed E-state index contributed by atoms with van der Waals surface area (Å²) in [6, 6.07) is 5.80. The summed E-state index contributed by atoms with van der Waals surface area (Å²) in [7, 11) is 0. The number of amides is 4. The number of piperidine rings is 1. The fourth-order valence-electron chi connectivity index (χ4n) is 3.28. The number of rotatable bonds is 5. The molecule has 0 saturated carbocycles. The molecule has 0 radical (unpaired) electrons. The van der Waals surface area contributed by atoms with Gasteiger partial charge in [-0.3, -0.25) is 9.59 Å². The summed E-state index contributed by atoms with van der Waals surface area (Å²) < 4.78 is 0. The Morgan fingerprint density at radius 2 is 1.63 bits per heavy atom. The lowest BCUT2D eigenvalue weighted by Crippen LogP contribution is -2.56. The van der Waals surface area contributed by atoms with E-state index in [2.05, 4.69) is 16.0 Å². The van der Waals surface area contributed by atoms with Crippen LogP contribution in [0.15, 0.2) is 24.3 Å². The predicted molar refractivity (Wildman–Crippen MR) is 119 cm³/mol. The molecule has 1 saturated heterocycles. The SMILES string of the molecule is CC(C)[C@H](NC(=O)c1ccc(Cl)cc1)C(=O)NC1CCN(C(=O)NC(C)(C)C)CC1. The molecule has 8 heteroatoms. The molecule has 3 N–H and O–H groups in total. The summed E-state index contributed by atoms with van der Waals surface area (Å²) in [5.74, 6) is -0.585. The third-order valence-corrected chi connectivity index (χ3v) is 5.20. The largest absolute Gasteiger partial charge is 0.351 e. The lowest BCUT2D eigenvalue weighted by molar-refractivity contribution is -0.124. The van der Waals surface area contributed by atoms with Crippen molar-refractivity contribution in [2.75, 3.05) is 13.1 Å². The van der Waals surface area contributed by atoms with Gasteiger partial charge in [-0.1, -0.05) is 25.4 Å². The minimum absolute atomic E-state index is 0.0233. The summed E-state index contributed by atoms with van der Waals surface area (Å²) in [6.45, 7) is 10.8. The van der Waals surface area contributed by atoms with Crippen molar-refractivity contribution in [1.29, 1.82) is 0 Å². The Kier molecular flexibility index (Phi) is 8.12. The first-order valence-corrected chi connectivity index (χ1v) is 10.8. The van der Waals surface area contributed by atoms with Crippen LogP contribution in [0.1, 0.15) is 57.8 Å². The highest BCUT2D eigenvalue weighted by molar-refractivity contribution is 6.30. The van der Waals surface area contributed by atoms with Crippen molar-refractivity contribution >= 4 is 29.4 Å². The molecule has 2 rings (SSSR count). The molecule has 7 nitrogen and oxygen atoms in total. The van der Waals surface area contributed by atoms with E-state index in [9.17, 15) is 14.4 Å². The maximum Gasteiger partial charge on any atom is 0.317 e. The molecule has 1 aromatic carbocycles. The summed E-state index contributed by atoms with van der Waals surface area (Å²) >= 11 is 5.87. The average molecular weight is 437 g/mol. The van der Waals surface area contributed by atoms with Gasteiger partial charge in [0.05, 0.1) is 0 Å². The summed E-state index contributed by atoms with van der Waals surface area (Å²) in [6.07, 6.45) is 1.36. The van der Waals surface area contributed by atoms with Crippen molar-refractivity contribution in [2.45, 2.75) is 65.1 Å². The van der Waals surface area contributed by atoms with Crippen molar-refractivity contribution in [3.8, 4) is 0 Å². The molecule has 1 aromatic rings. The molecule has 0 aromatic heterocycles. The van der Waals surface area contributed by atoms with Gasteiger partial charge in [0.25, 0.3) is 5.91 Å². The van der Waals surface area contributed by atoms with E-state index in [0.717, 1.165) is 0 Å². The molecule has 0 spiro atoms. The zero-order valence-electron chi connectivity index (χ0n) is 18.4. The van der Waals surface area contributed by atoms with E-state index in [1.54, 1.807) is 29.2 Å². The van der Waals surface area contributed by atoms with Gasteiger partial charge in [0.2, 0.25) is 5.91 Å². The predicted octanol–water partition coefficient (Wildman–Crippen LogP) is 3.18. The molecular formula is C22H33ClN4O3. The van der Waals surface area contributed by atoms with Gasteiger partial charge in [0.1, 0.15) is 6.04 Å². The maximum atomic E-state index is 12.8. The number of carbonyl (C=O) groups excluding carboxylic acids is 3. The van der Waals surface area contributed by atoms with E-state index in [-0.39, 0.29) is 35.3 Å². The second-order valence-electron chi connectivity index (χ2n) is 9.15. The van der Waals surface area contributed by atoms with Crippen LogP contribution >= 0.6 is 11.6 Å². The van der Waals surface area contributed by atoms with Crippen molar-refractivity contribution < 1.29 is 14.4 Å². The Bertz CT molecular complexity index is 751. The van der Waals surface area contributed by atoms with Crippen LogP contribution in [0.2, 0.25) is 5.02 Å². The van der Waals surface area contributed by atoms with Gasteiger partial charge in [-0.25, -0.2) is 4.79 Å². The first-order valence-electron chi connectivity index (χ1n) is 10.4. The molecule has 1 fully saturated rings. The van der Waals surface area contributed by atoms with Gasteiger partial charge in [-0.2, -0.15) is 0 Å². The third kappa shape index (κ3) is 7.20. The topological polar surface area (TPSA) is 90.5 Å². The zero-order chi connectivity index (χ0) is 22.5. The molecule has 1 aliphatic heterocycles. The fraction of sp³-hybridized carbons (Fsp3) is 0.591. The number of halogens is 1. The van der Waals surface area contributed by atoms with Crippen LogP contribution in [0.4, 0.5) is 4.79 Å². The Morgan fingerprint density at radius 3 is 2.13 bits per heavy atom. The van der Waals surface area contributed by atoms with Crippen LogP contribution in [0.5, 0.6) is 0 Å². The second kappa shape index (κ2) is 10.2. The maximum absolute atomic E-state index is 12.8. The van der Waals surface area contributed by atoms with Crippen LogP contribution in [-0.2, 0) is 4.79 Å². The quantitative estimate of drug-likeness (QED) is 0.662. The Labute approximate surface area is 183 Å². The normalized spacial score (nSPS) is 16.2. The first-order chi connectivity index (χ1) is 14.0. The second-order valence-corrected chi connectivity index (χ2v) is 9.59. The average Bonchev–Trinajstić information content (AvgIpc) is 2.65. The number of carbonyl (C=O) groups is 3. The van der Waals surface area contributed by atoms with E-state index in [1.807, 2.05) is 34.6 Å². The lowest BCUT2D eigenvalue weighted by Gasteiger charge is -2.35. The zero-order valence-corrected chi connectivity index (χ0v) is 19.2. The van der Waals surface area contributed by atoms with Gasteiger partial charge in [-0.05, 0) is 63.8 Å². The van der Waals surface area contributed by atoms with E-state index >= 15 is 0 Å². The van der Waals surface area contributed by atoms with Crippen LogP contribution in [0.3, 0.4) is 0 Å². The highest BCUT2D eigenvalue weighted by Gasteiger charge is 2.30. The number of nitrogens with zero attached hydrogens (tertiary/aromatic N) is 1. The first kappa shape index (κ1) is 24.0. The number of likely N-dealkylation sites (tertiary alicyclic amines) is 1. The van der Waals surface area contributed by atoms with Crippen LogP contribution in [0, 0.1) is 5.92 Å². The molecule has 166 valence electrons. The van der Waals surface area contributed by atoms with Gasteiger partial charge in [0, 0.05) is 35.3 Å².